The van der Waals surface area contributed by atoms with Gasteiger partial charge in [-0.15, -0.1) is 0 Å². The third-order valence-electron chi connectivity index (χ3n) is 2.22. The van der Waals surface area contributed by atoms with E-state index in [2.05, 4.69) is 20.7 Å². The highest BCUT2D eigenvalue weighted by molar-refractivity contribution is 9.09. The summed E-state index contributed by atoms with van der Waals surface area (Å²) in [7, 11) is -3.24. The summed E-state index contributed by atoms with van der Waals surface area (Å²) in [5, 5.41) is 0.636. The van der Waals surface area contributed by atoms with Gasteiger partial charge in [-0.25, -0.2) is 13.1 Å². The molecule has 1 aromatic rings. The van der Waals surface area contributed by atoms with Gasteiger partial charge in [0, 0.05) is 11.4 Å². The van der Waals surface area contributed by atoms with Gasteiger partial charge in [0.15, 0.2) is 0 Å². The van der Waals surface area contributed by atoms with Crippen LogP contribution in [0, 0.1) is 0 Å². The Morgan fingerprint density at radius 1 is 1.31 bits per heavy atom. The number of alkyl halides is 1. The second-order valence-corrected chi connectivity index (χ2v) is 6.02. The van der Waals surface area contributed by atoms with Crippen LogP contribution in [0.3, 0.4) is 0 Å². The lowest BCUT2D eigenvalue weighted by Gasteiger charge is -2.14. The Bertz CT molecular complexity index is 401. The van der Waals surface area contributed by atoms with E-state index in [1.807, 2.05) is 37.3 Å². The fourth-order valence-corrected chi connectivity index (χ4v) is 3.62. The lowest BCUT2D eigenvalue weighted by Crippen LogP contribution is -2.36. The molecule has 0 spiro atoms. The number of benzene rings is 1. The Morgan fingerprint density at radius 3 is 2.44 bits per heavy atom. The number of halogens is 1. The zero-order chi connectivity index (χ0) is 12.0. The van der Waals surface area contributed by atoms with Crippen molar-refractivity contribution in [1.82, 2.24) is 4.72 Å². The molecule has 0 aromatic heterocycles. The number of hydrogen-bond donors (Lipinski definition) is 1. The second-order valence-electron chi connectivity index (χ2n) is 3.62. The Labute approximate surface area is 105 Å². The van der Waals surface area contributed by atoms with Crippen LogP contribution in [0.4, 0.5) is 0 Å². The second kappa shape index (κ2) is 6.37. The van der Waals surface area contributed by atoms with E-state index < -0.39 is 10.0 Å². The molecule has 0 amide bonds. The maximum atomic E-state index is 11.8. The summed E-state index contributed by atoms with van der Waals surface area (Å²) < 4.78 is 26.3. The van der Waals surface area contributed by atoms with Gasteiger partial charge in [-0.3, -0.25) is 0 Å². The molecule has 1 N–H and O–H groups in total. The third kappa shape index (κ3) is 4.63. The molecule has 1 unspecified atom stereocenters. The zero-order valence-electron chi connectivity index (χ0n) is 9.19. The minimum atomic E-state index is -3.24. The predicted octanol–water partition coefficient (Wildman–Crippen LogP) is 2.28. The first-order valence-electron chi connectivity index (χ1n) is 5.17. The lowest BCUT2D eigenvalue weighted by atomic mass is 10.2. The van der Waals surface area contributed by atoms with Crippen molar-refractivity contribution in [3.8, 4) is 0 Å². The van der Waals surface area contributed by atoms with Crippen molar-refractivity contribution in [2.45, 2.75) is 25.1 Å². The van der Waals surface area contributed by atoms with E-state index in [-0.39, 0.29) is 11.8 Å². The fourth-order valence-electron chi connectivity index (χ4n) is 1.31. The summed E-state index contributed by atoms with van der Waals surface area (Å²) in [6.07, 6.45) is 0.777. The molecule has 0 saturated carbocycles. The van der Waals surface area contributed by atoms with Crippen molar-refractivity contribution in [1.29, 1.82) is 0 Å². The van der Waals surface area contributed by atoms with Crippen molar-refractivity contribution >= 4 is 26.0 Å². The van der Waals surface area contributed by atoms with E-state index in [1.54, 1.807) is 0 Å². The maximum absolute atomic E-state index is 11.8. The van der Waals surface area contributed by atoms with E-state index in [0.29, 0.717) is 5.33 Å². The van der Waals surface area contributed by atoms with E-state index >= 15 is 0 Å². The van der Waals surface area contributed by atoms with Gasteiger partial charge < -0.3 is 0 Å². The third-order valence-corrected chi connectivity index (χ3v) is 4.41. The van der Waals surface area contributed by atoms with E-state index in [9.17, 15) is 8.42 Å². The monoisotopic (exact) mass is 305 g/mol. The lowest BCUT2D eigenvalue weighted by molar-refractivity contribution is 0.558. The molecule has 0 aliphatic heterocycles. The molecule has 5 heteroatoms. The molecular formula is C11H16BrNO2S. The number of sulfonamides is 1. The largest absolute Gasteiger partial charge is 0.216 e. The highest BCUT2D eigenvalue weighted by Gasteiger charge is 2.15. The standard InChI is InChI=1S/C11H16BrNO2S/c1-2-11(8-12)13-16(14,15)9-10-6-4-3-5-7-10/h3-7,11,13H,2,8-9H2,1H3. The molecule has 1 atom stereocenters. The van der Waals surface area contributed by atoms with Gasteiger partial charge in [-0.2, -0.15) is 0 Å². The van der Waals surface area contributed by atoms with Crippen molar-refractivity contribution in [3.05, 3.63) is 35.9 Å². The molecule has 0 aliphatic rings. The van der Waals surface area contributed by atoms with E-state index in [0.717, 1.165) is 12.0 Å². The molecular weight excluding hydrogens is 290 g/mol. The predicted molar refractivity (Wildman–Crippen MR) is 70.1 cm³/mol. The first-order chi connectivity index (χ1) is 7.57. The van der Waals surface area contributed by atoms with Gasteiger partial charge in [0.05, 0.1) is 5.75 Å². The van der Waals surface area contributed by atoms with Gasteiger partial charge in [-0.05, 0) is 12.0 Å². The molecule has 0 fully saturated rings. The average molecular weight is 306 g/mol. The molecule has 90 valence electrons. The van der Waals surface area contributed by atoms with Crippen LogP contribution in [-0.2, 0) is 15.8 Å². The summed E-state index contributed by atoms with van der Waals surface area (Å²) in [4.78, 5) is 0. The molecule has 1 rings (SSSR count). The van der Waals surface area contributed by atoms with Crippen molar-refractivity contribution in [2.75, 3.05) is 5.33 Å². The molecule has 0 aliphatic carbocycles. The maximum Gasteiger partial charge on any atom is 0.216 e. The first kappa shape index (κ1) is 13.7. The zero-order valence-corrected chi connectivity index (χ0v) is 11.6. The summed E-state index contributed by atoms with van der Waals surface area (Å²) in [5.74, 6) is 0.0390. The molecule has 0 bridgehead atoms. The molecule has 0 saturated heterocycles. The van der Waals surface area contributed by atoms with Crippen LogP contribution in [-0.4, -0.2) is 19.8 Å². The normalized spacial score (nSPS) is 13.6. The van der Waals surface area contributed by atoms with E-state index in [1.165, 1.54) is 0 Å². The van der Waals surface area contributed by atoms with Crippen LogP contribution in [0.15, 0.2) is 30.3 Å². The minimum Gasteiger partial charge on any atom is -0.212 e. The Hall–Kier alpha value is -0.390. The quantitative estimate of drug-likeness (QED) is 0.820. The molecule has 3 nitrogen and oxygen atoms in total. The number of hydrogen-bond acceptors (Lipinski definition) is 2. The number of rotatable bonds is 6. The summed E-state index contributed by atoms with van der Waals surface area (Å²) >= 11 is 3.29. The van der Waals surface area contributed by atoms with Crippen molar-refractivity contribution < 1.29 is 8.42 Å². The van der Waals surface area contributed by atoms with Crippen molar-refractivity contribution in [2.24, 2.45) is 0 Å². The van der Waals surface area contributed by atoms with Crippen LogP contribution in [0.2, 0.25) is 0 Å². The van der Waals surface area contributed by atoms with Crippen LogP contribution in [0.25, 0.3) is 0 Å². The topological polar surface area (TPSA) is 46.2 Å². The van der Waals surface area contributed by atoms with Crippen LogP contribution in [0.5, 0.6) is 0 Å². The number of nitrogens with one attached hydrogen (secondary N) is 1. The van der Waals surface area contributed by atoms with Gasteiger partial charge in [0.25, 0.3) is 0 Å². The highest BCUT2D eigenvalue weighted by Crippen LogP contribution is 2.06. The van der Waals surface area contributed by atoms with Gasteiger partial charge >= 0.3 is 0 Å². The van der Waals surface area contributed by atoms with Crippen molar-refractivity contribution in [3.63, 3.8) is 0 Å². The molecule has 1 aromatic carbocycles. The first-order valence-corrected chi connectivity index (χ1v) is 7.94. The van der Waals surface area contributed by atoms with Gasteiger partial charge in [-0.1, -0.05) is 53.2 Å². The van der Waals surface area contributed by atoms with Crippen LogP contribution < -0.4 is 4.72 Å². The fraction of sp³-hybridized carbons (Fsp3) is 0.455. The average Bonchev–Trinajstić information content (AvgIpc) is 2.26. The minimum absolute atomic E-state index is 0.0336. The van der Waals surface area contributed by atoms with Crippen LogP contribution in [0.1, 0.15) is 18.9 Å². The molecule has 0 radical (unpaired) electrons. The van der Waals surface area contributed by atoms with Gasteiger partial charge in [0.2, 0.25) is 10.0 Å². The Morgan fingerprint density at radius 2 is 1.94 bits per heavy atom. The van der Waals surface area contributed by atoms with Gasteiger partial charge in [0.1, 0.15) is 0 Å². The van der Waals surface area contributed by atoms with E-state index in [4.69, 9.17) is 0 Å². The SMILES string of the molecule is CCC(CBr)NS(=O)(=O)Cc1ccccc1. The van der Waals surface area contributed by atoms with Crippen LogP contribution >= 0.6 is 15.9 Å². The highest BCUT2D eigenvalue weighted by atomic mass is 79.9. The Balaban J connectivity index is 2.66. The summed E-state index contributed by atoms with van der Waals surface area (Å²) in [5.41, 5.74) is 0.805. The molecule has 0 heterocycles. The smallest absolute Gasteiger partial charge is 0.212 e. The summed E-state index contributed by atoms with van der Waals surface area (Å²) in [6, 6.07) is 9.15. The Kier molecular flexibility index (Phi) is 5.44. The summed E-state index contributed by atoms with van der Waals surface area (Å²) in [6.45, 7) is 1.96. The molecule has 16 heavy (non-hydrogen) atoms.